The van der Waals surface area contributed by atoms with Gasteiger partial charge in [-0.2, -0.15) is 0 Å². The first-order valence-electron chi connectivity index (χ1n) is 8.45. The van der Waals surface area contributed by atoms with Gasteiger partial charge < -0.3 is 14.2 Å². The normalized spacial score (nSPS) is 10.4. The van der Waals surface area contributed by atoms with E-state index < -0.39 is 17.2 Å². The van der Waals surface area contributed by atoms with Crippen molar-refractivity contribution in [3.8, 4) is 11.5 Å². The molecule has 2 rings (SSSR count). The summed E-state index contributed by atoms with van der Waals surface area (Å²) in [5.41, 5.74) is -0.341. The summed E-state index contributed by atoms with van der Waals surface area (Å²) in [6.07, 6.45) is -0.185. The number of carbonyl (C=O) groups is 2. The third-order valence-electron chi connectivity index (χ3n) is 4.27. The molecule has 9 nitrogen and oxygen atoms in total. The smallest absolute Gasteiger partial charge is 0.330 e. The van der Waals surface area contributed by atoms with E-state index in [4.69, 9.17) is 14.2 Å². The zero-order valence-corrected chi connectivity index (χ0v) is 16.2. The average Bonchev–Trinajstić information content (AvgIpc) is 2.71. The van der Waals surface area contributed by atoms with Crippen molar-refractivity contribution in [1.82, 2.24) is 9.13 Å². The molecule has 0 atom stereocenters. The van der Waals surface area contributed by atoms with Crippen LogP contribution in [0.3, 0.4) is 0 Å². The minimum absolute atomic E-state index is 0.0518. The second kappa shape index (κ2) is 9.03. The van der Waals surface area contributed by atoms with Crippen LogP contribution < -0.4 is 20.7 Å². The molecule has 1 aromatic heterocycles. The maximum absolute atomic E-state index is 12.3. The molecule has 0 aliphatic rings. The highest BCUT2D eigenvalue weighted by Gasteiger charge is 2.14. The number of benzene rings is 1. The van der Waals surface area contributed by atoms with Crippen LogP contribution in [0.5, 0.6) is 11.5 Å². The molecule has 1 heterocycles. The highest BCUT2D eigenvalue weighted by Crippen LogP contribution is 2.28. The molecule has 1 aromatic carbocycles. The SMILES string of the molecule is COc1ccc(C(=O)CCC(=O)OCc2cc(=O)n(C)c(=O)n2C)cc1OC. The molecule has 9 heteroatoms. The van der Waals surface area contributed by atoms with E-state index >= 15 is 0 Å². The van der Waals surface area contributed by atoms with Crippen molar-refractivity contribution in [2.24, 2.45) is 14.1 Å². The van der Waals surface area contributed by atoms with Gasteiger partial charge in [0.25, 0.3) is 5.56 Å². The lowest BCUT2D eigenvalue weighted by Gasteiger charge is -2.10. The lowest BCUT2D eigenvalue weighted by atomic mass is 10.1. The lowest BCUT2D eigenvalue weighted by Crippen LogP contribution is -2.38. The van der Waals surface area contributed by atoms with Crippen LogP contribution in [0.4, 0.5) is 0 Å². The predicted molar refractivity (Wildman–Crippen MR) is 99.8 cm³/mol. The number of esters is 1. The second-order valence-electron chi connectivity index (χ2n) is 6.03. The number of methoxy groups -OCH3 is 2. The largest absolute Gasteiger partial charge is 0.493 e. The summed E-state index contributed by atoms with van der Waals surface area (Å²) in [5.74, 6) is 0.0569. The Morgan fingerprint density at radius 1 is 0.929 bits per heavy atom. The molecule has 0 fully saturated rings. The van der Waals surface area contributed by atoms with Crippen molar-refractivity contribution in [3.05, 3.63) is 56.4 Å². The van der Waals surface area contributed by atoms with Gasteiger partial charge in [-0.15, -0.1) is 0 Å². The fraction of sp³-hybridized carbons (Fsp3) is 0.368. The molecule has 0 saturated heterocycles. The fourth-order valence-electron chi connectivity index (χ4n) is 2.51. The summed E-state index contributed by atoms with van der Waals surface area (Å²) in [7, 11) is 5.80. The van der Waals surface area contributed by atoms with E-state index in [1.165, 1.54) is 38.9 Å². The highest BCUT2D eigenvalue weighted by molar-refractivity contribution is 5.98. The first kappa shape index (κ1) is 20.9. The summed E-state index contributed by atoms with van der Waals surface area (Å²) in [6.45, 7) is -0.231. The average molecular weight is 390 g/mol. The number of hydrogen-bond donors (Lipinski definition) is 0. The van der Waals surface area contributed by atoms with E-state index in [0.717, 1.165) is 4.57 Å². The van der Waals surface area contributed by atoms with Crippen molar-refractivity contribution < 1.29 is 23.8 Å². The Labute approximate surface area is 161 Å². The summed E-state index contributed by atoms with van der Waals surface area (Å²) in [5, 5.41) is 0. The third-order valence-corrected chi connectivity index (χ3v) is 4.27. The van der Waals surface area contributed by atoms with Crippen LogP contribution in [-0.4, -0.2) is 35.1 Å². The summed E-state index contributed by atoms with van der Waals surface area (Å²) >= 11 is 0. The number of rotatable bonds is 8. The second-order valence-corrected chi connectivity index (χ2v) is 6.03. The van der Waals surface area contributed by atoms with Crippen molar-refractivity contribution in [2.75, 3.05) is 14.2 Å². The Bertz CT molecular complexity index is 1000. The molecule has 28 heavy (non-hydrogen) atoms. The van der Waals surface area contributed by atoms with Crippen LogP contribution in [-0.2, 0) is 30.2 Å². The van der Waals surface area contributed by atoms with Crippen LogP contribution in [0.2, 0.25) is 0 Å². The van der Waals surface area contributed by atoms with Crippen LogP contribution >= 0.6 is 0 Å². The van der Waals surface area contributed by atoms with E-state index in [1.807, 2.05) is 0 Å². The monoisotopic (exact) mass is 390 g/mol. The molecule has 0 N–H and O–H groups in total. The summed E-state index contributed by atoms with van der Waals surface area (Å²) in [6, 6.07) is 5.97. The fourth-order valence-corrected chi connectivity index (χ4v) is 2.51. The quantitative estimate of drug-likeness (QED) is 0.485. The zero-order chi connectivity index (χ0) is 20.8. The van der Waals surface area contributed by atoms with Crippen molar-refractivity contribution in [3.63, 3.8) is 0 Å². The molecule has 2 aromatic rings. The minimum Gasteiger partial charge on any atom is -0.493 e. The van der Waals surface area contributed by atoms with Gasteiger partial charge in [0.1, 0.15) is 6.61 Å². The van der Waals surface area contributed by atoms with E-state index in [2.05, 4.69) is 0 Å². The van der Waals surface area contributed by atoms with Crippen molar-refractivity contribution in [1.29, 1.82) is 0 Å². The molecule has 0 aliphatic heterocycles. The molecule has 150 valence electrons. The summed E-state index contributed by atoms with van der Waals surface area (Å²) in [4.78, 5) is 47.7. The highest BCUT2D eigenvalue weighted by atomic mass is 16.5. The topological polar surface area (TPSA) is 106 Å². The number of ether oxygens (including phenoxy) is 3. The number of carbonyl (C=O) groups excluding carboxylic acids is 2. The van der Waals surface area contributed by atoms with Crippen LogP contribution in [0.1, 0.15) is 28.9 Å². The Balaban J connectivity index is 1.95. The van der Waals surface area contributed by atoms with Gasteiger partial charge in [-0.25, -0.2) is 4.79 Å². The van der Waals surface area contributed by atoms with E-state index in [1.54, 1.807) is 18.2 Å². The van der Waals surface area contributed by atoms with Gasteiger partial charge in [0.15, 0.2) is 17.3 Å². The Hall–Kier alpha value is -3.36. The molecule has 0 aliphatic carbocycles. The molecule has 0 amide bonds. The number of Topliss-reactive ketones (excluding diaryl/α,β-unsaturated/α-hetero) is 1. The van der Waals surface area contributed by atoms with Gasteiger partial charge in [0, 0.05) is 32.1 Å². The van der Waals surface area contributed by atoms with Crippen LogP contribution in [0, 0.1) is 0 Å². The lowest BCUT2D eigenvalue weighted by molar-refractivity contribution is -0.145. The van der Waals surface area contributed by atoms with Crippen LogP contribution in [0.15, 0.2) is 33.9 Å². The predicted octanol–water partition coefficient (Wildman–Crippen LogP) is 0.807. The van der Waals surface area contributed by atoms with Gasteiger partial charge in [-0.1, -0.05) is 0 Å². The van der Waals surface area contributed by atoms with Gasteiger partial charge in [0.05, 0.1) is 26.3 Å². The minimum atomic E-state index is -0.609. The van der Waals surface area contributed by atoms with Gasteiger partial charge >= 0.3 is 11.7 Å². The standard InChI is InChI=1S/C19H22N2O7/c1-20-13(10-17(23)21(2)19(20)25)11-28-18(24)8-6-14(22)12-5-7-15(26-3)16(9-12)27-4/h5,7,9-10H,6,8,11H2,1-4H3. The maximum atomic E-state index is 12.3. The molecular formula is C19H22N2O7. The first-order valence-corrected chi connectivity index (χ1v) is 8.45. The maximum Gasteiger partial charge on any atom is 0.330 e. The van der Waals surface area contributed by atoms with Gasteiger partial charge in [-0.05, 0) is 18.2 Å². The van der Waals surface area contributed by atoms with E-state index in [-0.39, 0.29) is 30.9 Å². The molecule has 0 saturated carbocycles. The zero-order valence-electron chi connectivity index (χ0n) is 16.2. The number of ketones is 1. The van der Waals surface area contributed by atoms with Gasteiger partial charge in [-0.3, -0.25) is 23.5 Å². The van der Waals surface area contributed by atoms with E-state index in [9.17, 15) is 19.2 Å². The van der Waals surface area contributed by atoms with Gasteiger partial charge in [0.2, 0.25) is 0 Å². The molecule has 0 radical (unpaired) electrons. The molecule has 0 unspecified atom stereocenters. The molecule has 0 bridgehead atoms. The van der Waals surface area contributed by atoms with E-state index in [0.29, 0.717) is 17.1 Å². The Morgan fingerprint density at radius 2 is 1.61 bits per heavy atom. The van der Waals surface area contributed by atoms with Crippen LogP contribution in [0.25, 0.3) is 0 Å². The Kier molecular flexibility index (Phi) is 6.75. The first-order chi connectivity index (χ1) is 13.3. The van der Waals surface area contributed by atoms with Crippen molar-refractivity contribution in [2.45, 2.75) is 19.4 Å². The Morgan fingerprint density at radius 3 is 2.25 bits per heavy atom. The summed E-state index contributed by atoms with van der Waals surface area (Å²) < 4.78 is 17.5. The third kappa shape index (κ3) is 4.67. The number of aromatic nitrogens is 2. The number of hydrogen-bond acceptors (Lipinski definition) is 7. The number of nitrogens with zero attached hydrogens (tertiary/aromatic N) is 2. The van der Waals surface area contributed by atoms with Crippen molar-refractivity contribution >= 4 is 11.8 Å². The molecular weight excluding hydrogens is 368 g/mol. The molecule has 0 spiro atoms.